The van der Waals surface area contributed by atoms with Crippen molar-refractivity contribution in [3.63, 3.8) is 0 Å². The first-order valence-electron chi connectivity index (χ1n) is 35.2. The topological polar surface area (TPSA) is 189 Å². The maximum Gasteiger partial charge on any atom is 0.168 e. The third-order valence-corrected chi connectivity index (χ3v) is 20.6. The summed E-state index contributed by atoms with van der Waals surface area (Å²) in [5.74, 6) is 2.84. The van der Waals surface area contributed by atoms with Gasteiger partial charge in [0.05, 0.1) is 88.0 Å². The Morgan fingerprint density at radius 2 is 0.702 bits per heavy atom. The van der Waals surface area contributed by atoms with Crippen LogP contribution in [0.15, 0.2) is 291 Å². The SMILES string of the molecule is c1ccc(C(c2ccoc2)N2CCN(c3ncnc4c3cnn4-c3ccccc3)CC2)cc1.c1ccc(C(c2cnc3ccccc3c2)N2CCN(c3ncnc4c3cnn4-c3ccccc3)CC2)cc1.c1ccc(C(c2nccs2)N2CCN(c3ncnc4c3cnn4-c3ccccc3)CC2)cc1. The fourth-order valence-electron chi connectivity index (χ4n) is 14.8. The average molecular weight is 1390 g/mol. The quantitative estimate of drug-likeness (QED) is 0.0941. The van der Waals surface area contributed by atoms with Crippen LogP contribution in [0, 0.1) is 0 Å². The summed E-state index contributed by atoms with van der Waals surface area (Å²) in [6.07, 6.45) is 18.1. The molecule has 514 valence electrons. The maximum atomic E-state index is 5.42. The van der Waals surface area contributed by atoms with Gasteiger partial charge < -0.3 is 19.1 Å². The summed E-state index contributed by atoms with van der Waals surface area (Å²) in [6.45, 7) is 10.8. The molecule has 3 unspecified atom stereocenters. The van der Waals surface area contributed by atoms with E-state index in [4.69, 9.17) is 14.4 Å². The summed E-state index contributed by atoms with van der Waals surface area (Å²) in [7, 11) is 0. The van der Waals surface area contributed by atoms with E-state index in [1.54, 1.807) is 36.6 Å². The number of pyridine rings is 1. The van der Waals surface area contributed by atoms with E-state index in [-0.39, 0.29) is 18.1 Å². The highest BCUT2D eigenvalue weighted by Gasteiger charge is 2.33. The zero-order valence-electron chi connectivity index (χ0n) is 57.1. The summed E-state index contributed by atoms with van der Waals surface area (Å²) >= 11 is 1.72. The van der Waals surface area contributed by atoms with Gasteiger partial charge in [0.1, 0.15) is 41.4 Å². The van der Waals surface area contributed by atoms with Crippen LogP contribution in [-0.4, -0.2) is 162 Å². The molecular formula is C82H74N20OS. The zero-order chi connectivity index (χ0) is 69.4. The van der Waals surface area contributed by atoms with Crippen molar-refractivity contribution in [2.24, 2.45) is 0 Å². The summed E-state index contributed by atoms with van der Waals surface area (Å²) in [5, 5.41) is 21.2. The Balaban J connectivity index is 0.000000116. The van der Waals surface area contributed by atoms with Crippen molar-refractivity contribution in [2.75, 3.05) is 93.2 Å². The molecule has 0 aliphatic carbocycles. The number of nitrogens with zero attached hydrogens (tertiary/aromatic N) is 20. The third-order valence-electron chi connectivity index (χ3n) is 19.8. The minimum atomic E-state index is 0.140. The van der Waals surface area contributed by atoms with Gasteiger partial charge in [-0.15, -0.1) is 11.3 Å². The molecule has 16 aromatic rings. The molecule has 9 aromatic heterocycles. The summed E-state index contributed by atoms with van der Waals surface area (Å²) in [6, 6.07) is 75.5. The number of furan rings is 1. The van der Waals surface area contributed by atoms with Crippen LogP contribution in [-0.2, 0) is 0 Å². The smallest absolute Gasteiger partial charge is 0.168 e. The molecule has 0 saturated carbocycles. The molecule has 21 nitrogen and oxygen atoms in total. The van der Waals surface area contributed by atoms with Crippen LogP contribution in [0.3, 0.4) is 0 Å². The molecule has 19 rings (SSSR count). The second-order valence-electron chi connectivity index (χ2n) is 25.9. The number of piperazine rings is 3. The Bertz CT molecular complexity index is 5210. The van der Waals surface area contributed by atoms with E-state index in [9.17, 15) is 0 Å². The van der Waals surface area contributed by atoms with Gasteiger partial charge in [-0.3, -0.25) is 19.7 Å². The second-order valence-corrected chi connectivity index (χ2v) is 26.8. The van der Waals surface area contributed by atoms with E-state index < -0.39 is 0 Å². The average Bonchev–Trinajstić information content (AvgIpc) is 1.04. The Kier molecular flexibility index (Phi) is 18.9. The third kappa shape index (κ3) is 13.5. The first kappa shape index (κ1) is 65.1. The number of anilines is 3. The number of fused-ring (bicyclic) bond motifs is 4. The van der Waals surface area contributed by atoms with Gasteiger partial charge in [-0.2, -0.15) is 15.3 Å². The lowest BCUT2D eigenvalue weighted by atomic mass is 9.96. The van der Waals surface area contributed by atoms with E-state index in [2.05, 4.69) is 201 Å². The highest BCUT2D eigenvalue weighted by molar-refractivity contribution is 7.09. The number of thiazole rings is 1. The molecule has 7 aromatic carbocycles. The standard InChI is InChI=1S/C31H27N7.C26H24N6O.C25H23N7S/c1-3-9-23(10-4-1)29(25-19-24-11-7-8-14-28(24)32-20-25)36-15-17-37(18-16-36)30-27-21-35-38(31(27)34-22-33-30)26-12-5-2-6-13-26;1-3-7-20(8-4-1)24(21-11-16-33-18-21)30-12-14-31(15-13-30)25-23-17-29-32(26(23)28-19-27-25)22-9-5-2-6-10-22;1-3-7-19(8-4-1)22(25-26-11-16-33-25)30-12-14-31(15-13-30)23-21-17-29-32(24(21)28-18-27-23)20-9-5-2-6-10-20/h1-14,19-22,29H,15-18H2;1-11,16-19,24H,12-15H2;1-11,16-18,22H,12-15H2. The highest BCUT2D eigenvalue weighted by atomic mass is 32.1. The number of para-hydroxylation sites is 4. The van der Waals surface area contributed by atoms with E-state index in [1.807, 2.05) is 148 Å². The van der Waals surface area contributed by atoms with Crippen molar-refractivity contribution in [1.82, 2.24) is 83.9 Å². The molecule has 3 aliphatic heterocycles. The van der Waals surface area contributed by atoms with Crippen molar-refractivity contribution in [3.8, 4) is 17.1 Å². The van der Waals surface area contributed by atoms with Gasteiger partial charge in [0.25, 0.3) is 0 Å². The predicted octanol–water partition coefficient (Wildman–Crippen LogP) is 13.8. The minimum absolute atomic E-state index is 0.140. The van der Waals surface area contributed by atoms with Crippen LogP contribution in [0.1, 0.15) is 51.0 Å². The molecule has 0 amide bonds. The molecule has 104 heavy (non-hydrogen) atoms. The molecule has 0 N–H and O–H groups in total. The highest BCUT2D eigenvalue weighted by Crippen LogP contribution is 2.37. The van der Waals surface area contributed by atoms with E-state index in [1.165, 1.54) is 33.2 Å². The van der Waals surface area contributed by atoms with E-state index in [0.29, 0.717) is 0 Å². The van der Waals surface area contributed by atoms with Crippen molar-refractivity contribution >= 4 is 72.8 Å². The first-order valence-corrected chi connectivity index (χ1v) is 36.1. The summed E-state index contributed by atoms with van der Waals surface area (Å²) < 4.78 is 11.1. The van der Waals surface area contributed by atoms with Crippen molar-refractivity contribution in [1.29, 1.82) is 0 Å². The van der Waals surface area contributed by atoms with Crippen LogP contribution >= 0.6 is 11.3 Å². The number of benzene rings is 7. The molecule has 22 heteroatoms. The largest absolute Gasteiger partial charge is 0.472 e. The van der Waals surface area contributed by atoms with Crippen LogP contribution in [0.25, 0.3) is 61.1 Å². The van der Waals surface area contributed by atoms with Crippen LogP contribution in [0.4, 0.5) is 17.5 Å². The van der Waals surface area contributed by atoms with Crippen molar-refractivity contribution in [3.05, 3.63) is 319 Å². The van der Waals surface area contributed by atoms with Crippen LogP contribution < -0.4 is 14.7 Å². The van der Waals surface area contributed by atoms with Gasteiger partial charge in [-0.05, 0) is 76.9 Å². The molecule has 3 aliphatic rings. The number of aromatic nitrogens is 14. The van der Waals surface area contributed by atoms with Gasteiger partial charge in [0.2, 0.25) is 0 Å². The Morgan fingerprint density at radius 3 is 1.10 bits per heavy atom. The van der Waals surface area contributed by atoms with Gasteiger partial charge in [-0.1, -0.05) is 164 Å². The molecule has 3 fully saturated rings. The Labute approximate surface area is 605 Å². The lowest BCUT2D eigenvalue weighted by molar-refractivity contribution is 0.211. The minimum Gasteiger partial charge on any atom is -0.472 e. The lowest BCUT2D eigenvalue weighted by Crippen LogP contribution is -2.48. The van der Waals surface area contributed by atoms with Gasteiger partial charge in [0.15, 0.2) is 16.9 Å². The fraction of sp³-hybridized carbons (Fsp3) is 0.183. The molecule has 12 heterocycles. The molecule has 0 radical (unpaired) electrons. The van der Waals surface area contributed by atoms with Gasteiger partial charge >= 0.3 is 0 Å². The molecule has 3 saturated heterocycles. The van der Waals surface area contributed by atoms with Crippen molar-refractivity contribution < 1.29 is 4.42 Å². The molecule has 3 atom stereocenters. The van der Waals surface area contributed by atoms with Crippen LogP contribution in [0.5, 0.6) is 0 Å². The maximum absolute atomic E-state index is 5.42. The Hall–Kier alpha value is -12.2. The van der Waals surface area contributed by atoms with Gasteiger partial charge in [0, 0.05) is 107 Å². The lowest BCUT2D eigenvalue weighted by Gasteiger charge is -2.40. The normalized spacial score (nSPS) is 15.5. The van der Waals surface area contributed by atoms with Crippen LogP contribution in [0.2, 0.25) is 0 Å². The Morgan fingerprint density at radius 1 is 0.327 bits per heavy atom. The summed E-state index contributed by atoms with van der Waals surface area (Å²) in [4.78, 5) is 51.7. The monoisotopic (exact) mass is 1390 g/mol. The van der Waals surface area contributed by atoms with E-state index >= 15 is 0 Å². The first-order chi connectivity index (χ1) is 51.6. The second kappa shape index (κ2) is 30.2. The molecule has 0 bridgehead atoms. The molecule has 0 spiro atoms. The van der Waals surface area contributed by atoms with Gasteiger partial charge in [-0.25, -0.2) is 48.9 Å². The number of hydrogen-bond donors (Lipinski definition) is 0. The fourth-order valence-corrected chi connectivity index (χ4v) is 15.6. The number of rotatable bonds is 15. The van der Waals surface area contributed by atoms with E-state index in [0.717, 1.165) is 157 Å². The summed E-state index contributed by atoms with van der Waals surface area (Å²) in [5.41, 5.74) is 12.7. The predicted molar refractivity (Wildman–Crippen MR) is 409 cm³/mol. The number of hydrogen-bond acceptors (Lipinski definition) is 19. The molecular weight excluding hydrogens is 1310 g/mol. The zero-order valence-corrected chi connectivity index (χ0v) is 57.9. The van der Waals surface area contributed by atoms with Crippen molar-refractivity contribution in [2.45, 2.75) is 18.1 Å².